The first-order valence-electron chi connectivity index (χ1n) is 7.47. The highest BCUT2D eigenvalue weighted by atomic mass is 35.5. The van der Waals surface area contributed by atoms with E-state index in [-0.39, 0.29) is 5.57 Å². The number of benzene rings is 1. The van der Waals surface area contributed by atoms with Gasteiger partial charge in [0.2, 0.25) is 0 Å². The second kappa shape index (κ2) is 11.5. The summed E-state index contributed by atoms with van der Waals surface area (Å²) in [6.45, 7) is 2.44. The Labute approximate surface area is 147 Å². The first kappa shape index (κ1) is 20.0. The highest BCUT2D eigenvalue weighted by molar-refractivity contribution is 6.30. The number of hydrogen-bond donors (Lipinski definition) is 1. The molecule has 0 bridgehead atoms. The van der Waals surface area contributed by atoms with Gasteiger partial charge < -0.3 is 19.7 Å². The van der Waals surface area contributed by atoms with Crippen LogP contribution in [-0.2, 0) is 20.8 Å². The minimum Gasteiger partial charge on any atom is -0.383 e. The number of halogens is 1. The van der Waals surface area contributed by atoms with Crippen molar-refractivity contribution >= 4 is 17.5 Å². The molecule has 1 N–H and O–H groups in total. The Morgan fingerprint density at radius 2 is 1.83 bits per heavy atom. The molecule has 6 nitrogen and oxygen atoms in total. The minimum absolute atomic E-state index is 0.0381. The molecule has 1 aromatic rings. The van der Waals surface area contributed by atoms with E-state index in [9.17, 15) is 10.1 Å². The van der Waals surface area contributed by atoms with Crippen molar-refractivity contribution in [2.24, 2.45) is 0 Å². The fourth-order valence-electron chi connectivity index (χ4n) is 1.86. The highest BCUT2D eigenvalue weighted by Crippen LogP contribution is 2.09. The van der Waals surface area contributed by atoms with E-state index in [2.05, 4.69) is 5.32 Å². The van der Waals surface area contributed by atoms with Gasteiger partial charge in [0.25, 0.3) is 5.91 Å². The predicted molar refractivity (Wildman–Crippen MR) is 92.3 cm³/mol. The monoisotopic (exact) mass is 351 g/mol. The number of carbonyl (C=O) groups is 1. The van der Waals surface area contributed by atoms with Crippen LogP contribution in [0.3, 0.4) is 0 Å². The number of ether oxygens (including phenoxy) is 2. The second-order valence-electron chi connectivity index (χ2n) is 4.99. The van der Waals surface area contributed by atoms with E-state index >= 15 is 0 Å². The third-order valence-corrected chi connectivity index (χ3v) is 3.46. The summed E-state index contributed by atoms with van der Waals surface area (Å²) in [5.74, 6) is -0.424. The zero-order chi connectivity index (χ0) is 17.8. The van der Waals surface area contributed by atoms with Crippen LogP contribution in [-0.4, -0.2) is 51.3 Å². The molecule has 1 rings (SSSR count). The average Bonchev–Trinajstić information content (AvgIpc) is 2.60. The van der Waals surface area contributed by atoms with Gasteiger partial charge in [-0.1, -0.05) is 23.7 Å². The second-order valence-corrected chi connectivity index (χ2v) is 5.42. The van der Waals surface area contributed by atoms with Crippen molar-refractivity contribution < 1.29 is 14.3 Å². The molecule has 0 aromatic heterocycles. The van der Waals surface area contributed by atoms with E-state index < -0.39 is 5.91 Å². The number of hydrogen-bond acceptors (Lipinski definition) is 5. The lowest BCUT2D eigenvalue weighted by atomic mass is 10.2. The van der Waals surface area contributed by atoms with Crippen molar-refractivity contribution in [3.63, 3.8) is 0 Å². The standard InChI is InChI=1S/C17H22ClN3O3/c1-23-9-7-21(8-10-24-2)13-15(11-19)17(22)20-12-14-3-5-16(18)6-4-14/h3-6,13H,7-10,12H2,1-2H3,(H,20,22)/b15-13-. The number of nitriles is 1. The van der Waals surface area contributed by atoms with E-state index in [0.717, 1.165) is 5.56 Å². The average molecular weight is 352 g/mol. The number of carbonyl (C=O) groups excluding carboxylic acids is 1. The van der Waals surface area contributed by atoms with Crippen molar-refractivity contribution in [1.29, 1.82) is 5.26 Å². The van der Waals surface area contributed by atoms with Gasteiger partial charge in [0.05, 0.1) is 13.2 Å². The molecule has 0 heterocycles. The van der Waals surface area contributed by atoms with Gasteiger partial charge in [-0.2, -0.15) is 5.26 Å². The van der Waals surface area contributed by atoms with E-state index in [1.165, 1.54) is 6.20 Å². The number of amides is 1. The van der Waals surface area contributed by atoms with Crippen LogP contribution in [0.4, 0.5) is 0 Å². The van der Waals surface area contributed by atoms with E-state index in [0.29, 0.717) is 37.9 Å². The molecule has 1 aromatic carbocycles. The molecule has 0 fully saturated rings. The Morgan fingerprint density at radius 3 is 2.33 bits per heavy atom. The van der Waals surface area contributed by atoms with Crippen molar-refractivity contribution in [3.05, 3.63) is 46.6 Å². The smallest absolute Gasteiger partial charge is 0.263 e. The molecule has 130 valence electrons. The van der Waals surface area contributed by atoms with Gasteiger partial charge in [-0.25, -0.2) is 0 Å². The normalized spacial score (nSPS) is 11.0. The fraction of sp³-hybridized carbons (Fsp3) is 0.412. The Balaban J connectivity index is 2.67. The van der Waals surface area contributed by atoms with Crippen molar-refractivity contribution in [3.8, 4) is 6.07 Å². The summed E-state index contributed by atoms with van der Waals surface area (Å²) < 4.78 is 10.1. The lowest BCUT2D eigenvalue weighted by Gasteiger charge is -2.20. The molecule has 0 saturated heterocycles. The molecular formula is C17H22ClN3O3. The van der Waals surface area contributed by atoms with E-state index in [4.69, 9.17) is 21.1 Å². The van der Waals surface area contributed by atoms with Gasteiger partial charge in [0.15, 0.2) is 0 Å². The summed E-state index contributed by atoms with van der Waals surface area (Å²) in [5.41, 5.74) is 0.942. The molecule has 1 amide bonds. The quantitative estimate of drug-likeness (QED) is 0.515. The molecule has 0 spiro atoms. The zero-order valence-corrected chi connectivity index (χ0v) is 14.7. The summed E-state index contributed by atoms with van der Waals surface area (Å²) in [6.07, 6.45) is 1.54. The van der Waals surface area contributed by atoms with Crippen LogP contribution in [0.5, 0.6) is 0 Å². The summed E-state index contributed by atoms with van der Waals surface area (Å²) in [6, 6.07) is 9.08. The van der Waals surface area contributed by atoms with Crippen molar-refractivity contribution in [2.45, 2.75) is 6.54 Å². The van der Waals surface area contributed by atoms with Crippen LogP contribution in [0.25, 0.3) is 0 Å². The molecule has 24 heavy (non-hydrogen) atoms. The summed E-state index contributed by atoms with van der Waals surface area (Å²) in [7, 11) is 3.20. The molecule has 0 aliphatic heterocycles. The van der Waals surface area contributed by atoms with Crippen molar-refractivity contribution in [2.75, 3.05) is 40.5 Å². The van der Waals surface area contributed by atoms with Crippen LogP contribution < -0.4 is 5.32 Å². The summed E-state index contributed by atoms with van der Waals surface area (Å²) in [5, 5.41) is 12.6. The molecule has 0 radical (unpaired) electrons. The number of methoxy groups -OCH3 is 2. The maximum Gasteiger partial charge on any atom is 0.263 e. The molecule has 0 aliphatic rings. The maximum absolute atomic E-state index is 12.2. The number of nitrogens with zero attached hydrogens (tertiary/aromatic N) is 2. The number of rotatable bonds is 10. The van der Waals surface area contributed by atoms with Gasteiger partial charge in [0.1, 0.15) is 11.6 Å². The lowest BCUT2D eigenvalue weighted by molar-refractivity contribution is -0.117. The Morgan fingerprint density at radius 1 is 1.25 bits per heavy atom. The predicted octanol–water partition coefficient (Wildman–Crippen LogP) is 1.96. The van der Waals surface area contributed by atoms with Crippen LogP contribution in [0, 0.1) is 11.3 Å². The fourth-order valence-corrected chi connectivity index (χ4v) is 1.98. The Bertz CT molecular complexity index is 574. The van der Waals surface area contributed by atoms with Gasteiger partial charge in [-0.15, -0.1) is 0 Å². The van der Waals surface area contributed by atoms with E-state index in [1.807, 2.05) is 23.1 Å². The van der Waals surface area contributed by atoms with Crippen LogP contribution in [0.15, 0.2) is 36.0 Å². The third kappa shape index (κ3) is 7.47. The maximum atomic E-state index is 12.2. The highest BCUT2D eigenvalue weighted by Gasteiger charge is 2.11. The molecule has 0 aliphatic carbocycles. The van der Waals surface area contributed by atoms with Gasteiger partial charge >= 0.3 is 0 Å². The van der Waals surface area contributed by atoms with Crippen molar-refractivity contribution in [1.82, 2.24) is 10.2 Å². The van der Waals surface area contributed by atoms with E-state index in [1.54, 1.807) is 26.4 Å². The summed E-state index contributed by atoms with van der Waals surface area (Å²) in [4.78, 5) is 14.0. The Kier molecular flexibility index (Phi) is 9.54. The molecule has 0 saturated carbocycles. The molecular weight excluding hydrogens is 330 g/mol. The SMILES string of the molecule is COCCN(/C=C(/C#N)C(=O)NCc1ccc(Cl)cc1)CCOC. The third-order valence-electron chi connectivity index (χ3n) is 3.21. The first-order valence-corrected chi connectivity index (χ1v) is 7.85. The molecule has 0 atom stereocenters. The molecule has 0 unspecified atom stereocenters. The van der Waals surface area contributed by atoms with Crippen LogP contribution in [0.2, 0.25) is 5.02 Å². The molecule has 7 heteroatoms. The number of nitrogens with one attached hydrogen (secondary N) is 1. The van der Waals surface area contributed by atoms with Crippen LogP contribution in [0.1, 0.15) is 5.56 Å². The zero-order valence-electron chi connectivity index (χ0n) is 13.9. The Hall–Kier alpha value is -2.07. The largest absolute Gasteiger partial charge is 0.383 e. The van der Waals surface area contributed by atoms with Gasteiger partial charge in [0, 0.05) is 45.1 Å². The first-order chi connectivity index (χ1) is 11.6. The summed E-state index contributed by atoms with van der Waals surface area (Å²) >= 11 is 5.82. The topological polar surface area (TPSA) is 74.6 Å². The van der Waals surface area contributed by atoms with Gasteiger partial charge in [-0.3, -0.25) is 4.79 Å². The van der Waals surface area contributed by atoms with Crippen LogP contribution >= 0.6 is 11.6 Å². The van der Waals surface area contributed by atoms with Gasteiger partial charge in [-0.05, 0) is 17.7 Å². The minimum atomic E-state index is -0.424. The lowest BCUT2D eigenvalue weighted by Crippen LogP contribution is -2.29.